The van der Waals surface area contributed by atoms with Crippen LogP contribution in [0.1, 0.15) is 64.7 Å². The third kappa shape index (κ3) is 3.96. The molecule has 2 saturated carbocycles. The third-order valence-corrected chi connectivity index (χ3v) is 4.82. The summed E-state index contributed by atoms with van der Waals surface area (Å²) in [6.07, 6.45) is 11.9. The van der Waals surface area contributed by atoms with Gasteiger partial charge in [0.2, 0.25) is 0 Å². The molecule has 0 radical (unpaired) electrons. The van der Waals surface area contributed by atoms with Gasteiger partial charge in [-0.15, -0.1) is 0 Å². The molecule has 0 aliphatic heterocycles. The van der Waals surface area contributed by atoms with Crippen LogP contribution in [0.2, 0.25) is 0 Å². The van der Waals surface area contributed by atoms with Crippen molar-refractivity contribution in [3.8, 4) is 0 Å². The van der Waals surface area contributed by atoms with Crippen molar-refractivity contribution in [3.63, 3.8) is 0 Å². The second kappa shape index (κ2) is 6.19. The minimum Gasteiger partial charge on any atom is -0.396 e. The van der Waals surface area contributed by atoms with Crippen molar-refractivity contribution in [3.05, 3.63) is 0 Å². The summed E-state index contributed by atoms with van der Waals surface area (Å²) in [7, 11) is 0. The summed E-state index contributed by atoms with van der Waals surface area (Å²) in [6.45, 7) is 3.70. The summed E-state index contributed by atoms with van der Waals surface area (Å²) in [6, 6.07) is 0.688. The van der Waals surface area contributed by atoms with Gasteiger partial charge in [0.05, 0.1) is 0 Å². The summed E-state index contributed by atoms with van der Waals surface area (Å²) in [5.41, 5.74) is 0.204. The van der Waals surface area contributed by atoms with Gasteiger partial charge in [-0.05, 0) is 31.6 Å². The lowest BCUT2D eigenvalue weighted by Crippen LogP contribution is -2.43. The van der Waals surface area contributed by atoms with Crippen LogP contribution in [0.25, 0.3) is 0 Å². The van der Waals surface area contributed by atoms with Gasteiger partial charge < -0.3 is 10.4 Å². The number of hydrogen-bond donors (Lipinski definition) is 2. The molecule has 2 N–H and O–H groups in total. The van der Waals surface area contributed by atoms with Gasteiger partial charge in [-0.1, -0.05) is 39.0 Å². The molecular formula is C15H29NO. The molecule has 0 saturated heterocycles. The fraction of sp³-hybridized carbons (Fsp3) is 1.00. The van der Waals surface area contributed by atoms with E-state index in [1.54, 1.807) is 0 Å². The molecule has 0 heterocycles. The summed E-state index contributed by atoms with van der Waals surface area (Å²) >= 11 is 0. The van der Waals surface area contributed by atoms with Gasteiger partial charge in [-0.2, -0.15) is 0 Å². The predicted molar refractivity (Wildman–Crippen MR) is 72.0 cm³/mol. The van der Waals surface area contributed by atoms with Crippen LogP contribution < -0.4 is 5.32 Å². The van der Waals surface area contributed by atoms with E-state index in [1.807, 2.05) is 0 Å². The lowest BCUT2D eigenvalue weighted by molar-refractivity contribution is 0.0775. The van der Waals surface area contributed by atoms with Crippen LogP contribution in [-0.2, 0) is 0 Å². The molecule has 0 aromatic heterocycles. The molecule has 0 aromatic carbocycles. The molecule has 0 spiro atoms. The number of hydrogen-bond acceptors (Lipinski definition) is 2. The van der Waals surface area contributed by atoms with Crippen LogP contribution in [0.4, 0.5) is 0 Å². The highest BCUT2D eigenvalue weighted by atomic mass is 16.3. The molecule has 2 nitrogen and oxygen atoms in total. The standard InChI is InChI=1S/C15H29NO/c1-2-14(10-13-6-7-13)16-11-15(12-17)8-4-3-5-9-15/h13-14,16-17H,2-12H2,1H3. The van der Waals surface area contributed by atoms with Crippen LogP contribution in [0.5, 0.6) is 0 Å². The van der Waals surface area contributed by atoms with Gasteiger partial charge in [-0.25, -0.2) is 0 Å². The normalized spacial score (nSPS) is 25.8. The van der Waals surface area contributed by atoms with Gasteiger partial charge in [0.15, 0.2) is 0 Å². The Bertz CT molecular complexity index is 219. The van der Waals surface area contributed by atoms with Gasteiger partial charge in [0, 0.05) is 24.6 Å². The fourth-order valence-corrected chi connectivity index (χ4v) is 3.20. The van der Waals surface area contributed by atoms with Crippen LogP contribution in [0, 0.1) is 11.3 Å². The molecule has 0 amide bonds. The molecule has 0 aromatic rings. The van der Waals surface area contributed by atoms with Crippen LogP contribution in [-0.4, -0.2) is 24.3 Å². The lowest BCUT2D eigenvalue weighted by atomic mass is 9.74. The largest absolute Gasteiger partial charge is 0.396 e. The highest BCUT2D eigenvalue weighted by Crippen LogP contribution is 2.37. The monoisotopic (exact) mass is 239 g/mol. The average Bonchev–Trinajstić information content (AvgIpc) is 3.19. The topological polar surface area (TPSA) is 32.3 Å². The molecule has 17 heavy (non-hydrogen) atoms. The zero-order valence-corrected chi connectivity index (χ0v) is 11.4. The maximum Gasteiger partial charge on any atom is 0.0499 e. The Morgan fingerprint density at radius 3 is 2.47 bits per heavy atom. The highest BCUT2D eigenvalue weighted by Gasteiger charge is 2.32. The minimum atomic E-state index is 0.204. The molecule has 1 atom stereocenters. The van der Waals surface area contributed by atoms with Gasteiger partial charge in [0.25, 0.3) is 0 Å². The van der Waals surface area contributed by atoms with Gasteiger partial charge >= 0.3 is 0 Å². The first-order chi connectivity index (χ1) is 8.28. The Balaban J connectivity index is 1.76. The Morgan fingerprint density at radius 1 is 1.24 bits per heavy atom. The Labute approximate surface area is 106 Å². The first kappa shape index (κ1) is 13.4. The van der Waals surface area contributed by atoms with Gasteiger partial charge in [-0.3, -0.25) is 0 Å². The number of rotatable bonds is 7. The van der Waals surface area contributed by atoms with Crippen LogP contribution in [0.15, 0.2) is 0 Å². The lowest BCUT2D eigenvalue weighted by Gasteiger charge is -2.37. The number of nitrogens with one attached hydrogen (secondary N) is 1. The van der Waals surface area contributed by atoms with E-state index in [-0.39, 0.29) is 5.41 Å². The number of aliphatic hydroxyl groups is 1. The fourth-order valence-electron chi connectivity index (χ4n) is 3.20. The van der Waals surface area contributed by atoms with Crippen LogP contribution in [0.3, 0.4) is 0 Å². The maximum atomic E-state index is 9.68. The number of aliphatic hydroxyl groups excluding tert-OH is 1. The van der Waals surface area contributed by atoms with Crippen molar-refractivity contribution in [1.29, 1.82) is 0 Å². The van der Waals surface area contributed by atoms with Crippen molar-refractivity contribution >= 4 is 0 Å². The van der Waals surface area contributed by atoms with Crippen molar-refractivity contribution in [2.45, 2.75) is 70.8 Å². The molecule has 2 aliphatic carbocycles. The molecule has 100 valence electrons. The van der Waals surface area contributed by atoms with Crippen molar-refractivity contribution in [2.24, 2.45) is 11.3 Å². The zero-order valence-electron chi connectivity index (χ0n) is 11.4. The average molecular weight is 239 g/mol. The molecule has 2 fully saturated rings. The molecule has 1 unspecified atom stereocenters. The predicted octanol–water partition coefficient (Wildman–Crippen LogP) is 3.10. The second-order valence-corrected chi connectivity index (χ2v) is 6.38. The first-order valence-corrected chi connectivity index (χ1v) is 7.62. The quantitative estimate of drug-likeness (QED) is 0.715. The summed E-state index contributed by atoms with van der Waals surface area (Å²) in [5, 5.41) is 13.4. The second-order valence-electron chi connectivity index (χ2n) is 6.38. The summed E-state index contributed by atoms with van der Waals surface area (Å²) in [5.74, 6) is 1.00. The molecule has 2 heteroatoms. The van der Waals surface area contributed by atoms with Crippen molar-refractivity contribution in [2.75, 3.05) is 13.2 Å². The van der Waals surface area contributed by atoms with Crippen LogP contribution >= 0.6 is 0 Å². The zero-order chi connectivity index (χ0) is 12.1. The summed E-state index contributed by atoms with van der Waals surface area (Å²) < 4.78 is 0. The Morgan fingerprint density at radius 2 is 1.94 bits per heavy atom. The highest BCUT2D eigenvalue weighted by molar-refractivity contribution is 4.87. The molecule has 2 aliphatic rings. The van der Waals surface area contributed by atoms with E-state index in [2.05, 4.69) is 12.2 Å². The Kier molecular flexibility index (Phi) is 4.87. The SMILES string of the molecule is CCC(CC1CC1)NCC1(CO)CCCCC1. The van der Waals surface area contributed by atoms with E-state index in [1.165, 1.54) is 57.8 Å². The van der Waals surface area contributed by atoms with E-state index < -0.39 is 0 Å². The first-order valence-electron chi connectivity index (χ1n) is 7.62. The molecule has 2 rings (SSSR count). The minimum absolute atomic E-state index is 0.204. The van der Waals surface area contributed by atoms with E-state index >= 15 is 0 Å². The van der Waals surface area contributed by atoms with Crippen molar-refractivity contribution in [1.82, 2.24) is 5.32 Å². The van der Waals surface area contributed by atoms with E-state index in [4.69, 9.17) is 0 Å². The van der Waals surface area contributed by atoms with E-state index in [9.17, 15) is 5.11 Å². The van der Waals surface area contributed by atoms with E-state index in [0.717, 1.165) is 12.5 Å². The van der Waals surface area contributed by atoms with Crippen molar-refractivity contribution < 1.29 is 5.11 Å². The summed E-state index contributed by atoms with van der Waals surface area (Å²) in [4.78, 5) is 0. The molecule has 0 bridgehead atoms. The molecular weight excluding hydrogens is 210 g/mol. The maximum absolute atomic E-state index is 9.68. The smallest absolute Gasteiger partial charge is 0.0499 e. The Hall–Kier alpha value is -0.0800. The van der Waals surface area contributed by atoms with E-state index in [0.29, 0.717) is 12.6 Å². The third-order valence-electron chi connectivity index (χ3n) is 4.82. The van der Waals surface area contributed by atoms with Gasteiger partial charge in [0.1, 0.15) is 0 Å².